The summed E-state index contributed by atoms with van der Waals surface area (Å²) < 4.78 is 12.9. The van der Waals surface area contributed by atoms with Crippen molar-refractivity contribution in [1.82, 2.24) is 10.2 Å². The van der Waals surface area contributed by atoms with Crippen LogP contribution in [0.25, 0.3) is 0 Å². The number of nitrogens with one attached hydrogen (secondary N) is 2. The van der Waals surface area contributed by atoms with Crippen LogP contribution in [0.4, 0.5) is 10.1 Å². The first-order valence-electron chi connectivity index (χ1n) is 5.19. The highest BCUT2D eigenvalue weighted by atomic mass is 19.1. The number of hydrogen-bond acceptors (Lipinski definition) is 2. The second kappa shape index (κ2) is 4.35. The maximum absolute atomic E-state index is 12.9. The maximum atomic E-state index is 12.9. The molecule has 0 saturated carbocycles. The third kappa shape index (κ3) is 2.21. The molecule has 1 heterocycles. The molecule has 0 fully saturated rings. The van der Waals surface area contributed by atoms with Crippen molar-refractivity contribution in [2.24, 2.45) is 0 Å². The summed E-state index contributed by atoms with van der Waals surface area (Å²) in [7, 11) is 0. The monoisotopic (exact) mass is 219 g/mol. The number of H-pyrrole nitrogens is 1. The van der Waals surface area contributed by atoms with Crippen molar-refractivity contribution in [2.45, 2.75) is 19.9 Å². The van der Waals surface area contributed by atoms with Gasteiger partial charge in [0.15, 0.2) is 0 Å². The first-order chi connectivity index (χ1) is 7.66. The van der Waals surface area contributed by atoms with E-state index >= 15 is 0 Å². The Kier molecular flexibility index (Phi) is 2.90. The normalized spacial score (nSPS) is 12.4. The van der Waals surface area contributed by atoms with Gasteiger partial charge < -0.3 is 5.32 Å². The third-order valence-corrected chi connectivity index (χ3v) is 2.55. The van der Waals surface area contributed by atoms with Gasteiger partial charge in [-0.15, -0.1) is 0 Å². The van der Waals surface area contributed by atoms with E-state index < -0.39 is 0 Å². The molecule has 1 aromatic carbocycles. The predicted octanol–water partition coefficient (Wildman–Crippen LogP) is 3.03. The minimum Gasteiger partial charge on any atom is -0.377 e. The van der Waals surface area contributed by atoms with Gasteiger partial charge in [0, 0.05) is 11.9 Å². The van der Waals surface area contributed by atoms with E-state index in [1.165, 1.54) is 12.1 Å². The number of nitrogens with zero attached hydrogens (tertiary/aromatic N) is 1. The van der Waals surface area contributed by atoms with Gasteiger partial charge in [-0.3, -0.25) is 5.10 Å². The highest BCUT2D eigenvalue weighted by Gasteiger charge is 2.08. The molecule has 0 aliphatic rings. The summed E-state index contributed by atoms with van der Waals surface area (Å²) in [6.07, 6.45) is 1.71. The van der Waals surface area contributed by atoms with Crippen molar-refractivity contribution in [2.75, 3.05) is 5.32 Å². The number of benzene rings is 1. The van der Waals surface area contributed by atoms with E-state index in [1.807, 2.05) is 19.9 Å². The standard InChI is InChI=1S/C12H14FN3/c1-8-7-10(13)3-4-11(8)15-9(2)12-5-6-14-16-12/h3-7,9,15H,1-2H3,(H,14,16). The molecule has 1 aromatic heterocycles. The zero-order valence-corrected chi connectivity index (χ0v) is 9.29. The van der Waals surface area contributed by atoms with Crippen LogP contribution >= 0.6 is 0 Å². The SMILES string of the molecule is Cc1cc(F)ccc1NC(C)c1ccn[nH]1. The molecule has 16 heavy (non-hydrogen) atoms. The zero-order chi connectivity index (χ0) is 11.5. The average molecular weight is 219 g/mol. The maximum Gasteiger partial charge on any atom is 0.123 e. The quantitative estimate of drug-likeness (QED) is 0.833. The number of anilines is 1. The van der Waals surface area contributed by atoms with Crippen LogP contribution in [0.15, 0.2) is 30.5 Å². The minimum atomic E-state index is -0.211. The zero-order valence-electron chi connectivity index (χ0n) is 9.29. The van der Waals surface area contributed by atoms with Crippen LogP contribution in [-0.2, 0) is 0 Å². The molecule has 3 nitrogen and oxygen atoms in total. The van der Waals surface area contributed by atoms with Gasteiger partial charge in [0.1, 0.15) is 5.82 Å². The molecular weight excluding hydrogens is 205 g/mol. The largest absolute Gasteiger partial charge is 0.377 e. The van der Waals surface area contributed by atoms with Crippen molar-refractivity contribution in [3.8, 4) is 0 Å². The first kappa shape index (κ1) is 10.7. The molecule has 2 aromatic rings. The van der Waals surface area contributed by atoms with Gasteiger partial charge in [-0.2, -0.15) is 5.10 Å². The fraction of sp³-hybridized carbons (Fsp3) is 0.250. The summed E-state index contributed by atoms with van der Waals surface area (Å²) in [6, 6.07) is 6.75. The second-order valence-corrected chi connectivity index (χ2v) is 3.84. The number of rotatable bonds is 3. The van der Waals surface area contributed by atoms with E-state index in [9.17, 15) is 4.39 Å². The average Bonchev–Trinajstić information content (AvgIpc) is 2.75. The molecule has 0 saturated heterocycles. The predicted molar refractivity (Wildman–Crippen MR) is 61.8 cm³/mol. The van der Waals surface area contributed by atoms with Gasteiger partial charge in [-0.25, -0.2) is 4.39 Å². The number of aromatic amines is 1. The molecule has 84 valence electrons. The lowest BCUT2D eigenvalue weighted by Gasteiger charge is -2.15. The van der Waals surface area contributed by atoms with Gasteiger partial charge in [0.05, 0.1) is 11.7 Å². The van der Waals surface area contributed by atoms with Crippen LogP contribution in [0.3, 0.4) is 0 Å². The third-order valence-electron chi connectivity index (χ3n) is 2.55. The molecule has 0 radical (unpaired) electrons. The van der Waals surface area contributed by atoms with Crippen LogP contribution in [0.1, 0.15) is 24.2 Å². The van der Waals surface area contributed by atoms with Crippen LogP contribution in [0.2, 0.25) is 0 Å². The van der Waals surface area contributed by atoms with Crippen molar-refractivity contribution >= 4 is 5.69 Å². The van der Waals surface area contributed by atoms with Crippen LogP contribution < -0.4 is 5.32 Å². The van der Waals surface area contributed by atoms with E-state index in [0.29, 0.717) is 0 Å². The Morgan fingerprint density at radius 2 is 2.19 bits per heavy atom. The Balaban J connectivity index is 2.15. The molecule has 0 bridgehead atoms. The summed E-state index contributed by atoms with van der Waals surface area (Å²) in [5.41, 5.74) is 2.83. The van der Waals surface area contributed by atoms with Crippen LogP contribution in [0, 0.1) is 12.7 Å². The van der Waals surface area contributed by atoms with Crippen molar-refractivity contribution < 1.29 is 4.39 Å². The van der Waals surface area contributed by atoms with E-state index in [4.69, 9.17) is 0 Å². The van der Waals surface area contributed by atoms with Crippen LogP contribution in [-0.4, -0.2) is 10.2 Å². The molecule has 1 atom stereocenters. The highest BCUT2D eigenvalue weighted by Crippen LogP contribution is 2.21. The molecule has 0 aliphatic carbocycles. The molecule has 0 aliphatic heterocycles. The van der Waals surface area contributed by atoms with E-state index in [0.717, 1.165) is 16.9 Å². The summed E-state index contributed by atoms with van der Waals surface area (Å²) in [5.74, 6) is -0.211. The van der Waals surface area contributed by atoms with Crippen molar-refractivity contribution in [1.29, 1.82) is 0 Å². The molecular formula is C12H14FN3. The Hall–Kier alpha value is -1.84. The molecule has 1 unspecified atom stereocenters. The summed E-state index contributed by atoms with van der Waals surface area (Å²) in [5, 5.41) is 10.1. The number of aryl methyl sites for hydroxylation is 1. The van der Waals surface area contributed by atoms with Crippen molar-refractivity contribution in [3.05, 3.63) is 47.5 Å². The Labute approximate surface area is 93.7 Å². The van der Waals surface area contributed by atoms with Gasteiger partial charge >= 0.3 is 0 Å². The van der Waals surface area contributed by atoms with Crippen molar-refractivity contribution in [3.63, 3.8) is 0 Å². The lowest BCUT2D eigenvalue weighted by Crippen LogP contribution is -2.08. The second-order valence-electron chi connectivity index (χ2n) is 3.84. The molecule has 0 spiro atoms. The Bertz CT molecular complexity index is 465. The Morgan fingerprint density at radius 1 is 1.38 bits per heavy atom. The topological polar surface area (TPSA) is 40.7 Å². The van der Waals surface area contributed by atoms with Gasteiger partial charge in [0.2, 0.25) is 0 Å². The van der Waals surface area contributed by atoms with E-state index in [2.05, 4.69) is 15.5 Å². The van der Waals surface area contributed by atoms with E-state index in [-0.39, 0.29) is 11.9 Å². The molecule has 0 amide bonds. The van der Waals surface area contributed by atoms with Gasteiger partial charge in [0.25, 0.3) is 0 Å². The molecule has 2 rings (SSSR count). The fourth-order valence-electron chi connectivity index (χ4n) is 1.61. The summed E-state index contributed by atoms with van der Waals surface area (Å²) >= 11 is 0. The minimum absolute atomic E-state index is 0.117. The first-order valence-corrected chi connectivity index (χ1v) is 5.19. The molecule has 2 N–H and O–H groups in total. The number of hydrogen-bond donors (Lipinski definition) is 2. The smallest absolute Gasteiger partial charge is 0.123 e. The molecule has 4 heteroatoms. The number of aromatic nitrogens is 2. The lowest BCUT2D eigenvalue weighted by atomic mass is 10.1. The van der Waals surface area contributed by atoms with E-state index in [1.54, 1.807) is 12.3 Å². The summed E-state index contributed by atoms with van der Waals surface area (Å²) in [6.45, 7) is 3.90. The highest BCUT2D eigenvalue weighted by molar-refractivity contribution is 5.51. The van der Waals surface area contributed by atoms with Gasteiger partial charge in [-0.05, 0) is 43.7 Å². The number of halogens is 1. The fourth-order valence-corrected chi connectivity index (χ4v) is 1.61. The lowest BCUT2D eigenvalue weighted by molar-refractivity contribution is 0.626. The Morgan fingerprint density at radius 3 is 2.81 bits per heavy atom. The van der Waals surface area contributed by atoms with Gasteiger partial charge in [-0.1, -0.05) is 0 Å². The summed E-state index contributed by atoms with van der Waals surface area (Å²) in [4.78, 5) is 0. The van der Waals surface area contributed by atoms with Crippen LogP contribution in [0.5, 0.6) is 0 Å².